The number of hydrogen-bond acceptors (Lipinski definition) is 4. The molecule has 1 saturated heterocycles. The van der Waals surface area contributed by atoms with Crippen LogP contribution in [0.3, 0.4) is 0 Å². The second-order valence-electron chi connectivity index (χ2n) is 6.91. The predicted molar refractivity (Wildman–Crippen MR) is 113 cm³/mol. The fourth-order valence-corrected chi connectivity index (χ4v) is 3.39. The Labute approximate surface area is 176 Å². The van der Waals surface area contributed by atoms with Gasteiger partial charge in [0.2, 0.25) is 0 Å². The maximum absolute atomic E-state index is 9.10. The van der Waals surface area contributed by atoms with E-state index in [9.17, 15) is 0 Å². The summed E-state index contributed by atoms with van der Waals surface area (Å²) in [5.41, 5.74) is 2.69. The summed E-state index contributed by atoms with van der Waals surface area (Å²) in [6, 6.07) is 19.0. The lowest BCUT2D eigenvalue weighted by atomic mass is 10.1. The van der Waals surface area contributed by atoms with Crippen LogP contribution in [-0.4, -0.2) is 64.7 Å². The van der Waals surface area contributed by atoms with E-state index >= 15 is 0 Å². The Balaban J connectivity index is 0.000000438. The molecule has 6 nitrogen and oxygen atoms in total. The number of benzene rings is 2. The molecule has 1 aliphatic rings. The van der Waals surface area contributed by atoms with Gasteiger partial charge >= 0.3 is 11.9 Å². The van der Waals surface area contributed by atoms with Crippen LogP contribution in [0.2, 0.25) is 5.02 Å². The molecule has 0 amide bonds. The Hall–Kier alpha value is -2.41. The van der Waals surface area contributed by atoms with E-state index in [2.05, 4.69) is 52.3 Å². The number of halogens is 1. The molecule has 2 aromatic carbocycles. The summed E-state index contributed by atoms with van der Waals surface area (Å²) in [4.78, 5) is 23.3. The van der Waals surface area contributed by atoms with Gasteiger partial charge in [-0.2, -0.15) is 0 Å². The molecule has 29 heavy (non-hydrogen) atoms. The normalized spacial score (nSPS) is 14.7. The molecule has 0 radical (unpaired) electrons. The summed E-state index contributed by atoms with van der Waals surface area (Å²) in [6.07, 6.45) is 2.43. The van der Waals surface area contributed by atoms with Crippen molar-refractivity contribution in [3.8, 4) is 0 Å². The van der Waals surface area contributed by atoms with Crippen molar-refractivity contribution >= 4 is 23.5 Å². The molecule has 1 aliphatic heterocycles. The van der Waals surface area contributed by atoms with Crippen LogP contribution >= 0.6 is 11.6 Å². The highest BCUT2D eigenvalue weighted by molar-refractivity contribution is 6.31. The number of carbonyl (C=O) groups is 2. The first kappa shape index (κ1) is 22.9. The molecule has 7 heteroatoms. The van der Waals surface area contributed by atoms with Gasteiger partial charge in [0.1, 0.15) is 0 Å². The summed E-state index contributed by atoms with van der Waals surface area (Å²) < 4.78 is 0. The second-order valence-corrected chi connectivity index (χ2v) is 7.32. The number of aryl methyl sites for hydroxylation is 1. The van der Waals surface area contributed by atoms with E-state index in [-0.39, 0.29) is 0 Å². The first-order valence-electron chi connectivity index (χ1n) is 9.64. The monoisotopic (exact) mass is 418 g/mol. The average Bonchev–Trinajstić information content (AvgIpc) is 2.72. The number of nitrogens with zero attached hydrogens (tertiary/aromatic N) is 2. The molecule has 0 spiro atoms. The number of aliphatic carboxylic acids is 2. The van der Waals surface area contributed by atoms with E-state index in [1.165, 1.54) is 43.6 Å². The maximum Gasteiger partial charge on any atom is 0.414 e. The Bertz CT molecular complexity index is 765. The van der Waals surface area contributed by atoms with Gasteiger partial charge in [-0.25, -0.2) is 9.59 Å². The van der Waals surface area contributed by atoms with Crippen molar-refractivity contribution in [3.05, 3.63) is 70.7 Å². The minimum Gasteiger partial charge on any atom is -0.473 e. The topological polar surface area (TPSA) is 81.1 Å². The van der Waals surface area contributed by atoms with Crippen LogP contribution < -0.4 is 0 Å². The zero-order valence-corrected chi connectivity index (χ0v) is 17.1. The lowest BCUT2D eigenvalue weighted by Crippen LogP contribution is -2.46. The maximum atomic E-state index is 9.10. The van der Waals surface area contributed by atoms with Crippen LogP contribution in [0, 0.1) is 0 Å². The molecule has 0 aliphatic carbocycles. The van der Waals surface area contributed by atoms with Crippen molar-refractivity contribution in [3.63, 3.8) is 0 Å². The van der Waals surface area contributed by atoms with Gasteiger partial charge in [-0.05, 0) is 36.6 Å². The molecule has 3 rings (SSSR count). The Morgan fingerprint density at radius 3 is 1.97 bits per heavy atom. The molecule has 0 saturated carbocycles. The minimum absolute atomic E-state index is 0.887. The predicted octanol–water partition coefficient (Wildman–Crippen LogP) is 3.25. The van der Waals surface area contributed by atoms with Crippen molar-refractivity contribution < 1.29 is 19.8 Å². The van der Waals surface area contributed by atoms with E-state index in [1.807, 2.05) is 12.1 Å². The number of rotatable bonds is 6. The van der Waals surface area contributed by atoms with Gasteiger partial charge < -0.3 is 15.1 Å². The van der Waals surface area contributed by atoms with Gasteiger partial charge in [-0.1, -0.05) is 60.1 Å². The van der Waals surface area contributed by atoms with Crippen molar-refractivity contribution in [2.75, 3.05) is 32.7 Å². The molecule has 0 bridgehead atoms. The number of piperazine rings is 1. The summed E-state index contributed by atoms with van der Waals surface area (Å²) >= 11 is 6.26. The van der Waals surface area contributed by atoms with E-state index in [4.69, 9.17) is 31.4 Å². The minimum atomic E-state index is -1.82. The Morgan fingerprint density at radius 1 is 0.828 bits per heavy atom. The lowest BCUT2D eigenvalue weighted by molar-refractivity contribution is -0.159. The number of carboxylic acids is 2. The van der Waals surface area contributed by atoms with Crippen molar-refractivity contribution in [2.24, 2.45) is 0 Å². The fraction of sp³-hybridized carbons (Fsp3) is 0.364. The standard InChI is InChI=1S/C20H25ClN2.C2H2O4/c21-20-11-5-4-10-19(20)17-23-15-13-22(14-16-23)12-6-9-18-7-2-1-3-8-18;3-1(4)2(5)6/h1-5,7-8,10-11H,6,9,12-17H2;(H,3,4)(H,5,6). The molecule has 2 N–H and O–H groups in total. The first-order valence-corrected chi connectivity index (χ1v) is 10.0. The number of hydrogen-bond donors (Lipinski definition) is 2. The second kappa shape index (κ2) is 12.2. The summed E-state index contributed by atoms with van der Waals surface area (Å²) in [5.74, 6) is -3.65. The molecule has 0 unspecified atom stereocenters. The highest BCUT2D eigenvalue weighted by atomic mass is 35.5. The van der Waals surface area contributed by atoms with Gasteiger partial charge in [0.05, 0.1) is 0 Å². The Kier molecular flexibility index (Phi) is 9.64. The van der Waals surface area contributed by atoms with Crippen LogP contribution in [0.1, 0.15) is 17.5 Å². The summed E-state index contributed by atoms with van der Waals surface area (Å²) in [6.45, 7) is 6.78. The van der Waals surface area contributed by atoms with Crippen molar-refractivity contribution in [1.82, 2.24) is 9.80 Å². The third-order valence-electron chi connectivity index (χ3n) is 4.78. The van der Waals surface area contributed by atoms with Crippen LogP contribution in [-0.2, 0) is 22.6 Å². The van der Waals surface area contributed by atoms with Crippen LogP contribution in [0.15, 0.2) is 54.6 Å². The first-order chi connectivity index (χ1) is 14.0. The Morgan fingerprint density at radius 2 is 1.38 bits per heavy atom. The van der Waals surface area contributed by atoms with Gasteiger partial charge in [0, 0.05) is 37.7 Å². The van der Waals surface area contributed by atoms with Crippen LogP contribution in [0.5, 0.6) is 0 Å². The SMILES string of the molecule is Clc1ccccc1CN1CCN(CCCc2ccccc2)CC1.O=C(O)C(=O)O. The zero-order chi connectivity index (χ0) is 21.1. The quantitative estimate of drug-likeness (QED) is 0.701. The fourth-order valence-electron chi connectivity index (χ4n) is 3.19. The lowest BCUT2D eigenvalue weighted by Gasteiger charge is -2.34. The number of carboxylic acid groups (broad SMARTS) is 2. The molecular formula is C22H27ClN2O4. The third-order valence-corrected chi connectivity index (χ3v) is 5.15. The van der Waals surface area contributed by atoms with Gasteiger partial charge in [0.25, 0.3) is 0 Å². The van der Waals surface area contributed by atoms with Gasteiger partial charge in [-0.3, -0.25) is 4.90 Å². The molecule has 156 valence electrons. The van der Waals surface area contributed by atoms with Crippen molar-refractivity contribution in [1.29, 1.82) is 0 Å². The molecular weight excluding hydrogens is 392 g/mol. The van der Waals surface area contributed by atoms with Crippen LogP contribution in [0.25, 0.3) is 0 Å². The van der Waals surface area contributed by atoms with E-state index in [1.54, 1.807) is 0 Å². The largest absolute Gasteiger partial charge is 0.473 e. The van der Waals surface area contributed by atoms with E-state index in [0.29, 0.717) is 0 Å². The smallest absolute Gasteiger partial charge is 0.414 e. The highest BCUT2D eigenvalue weighted by Gasteiger charge is 2.17. The molecule has 0 atom stereocenters. The van der Waals surface area contributed by atoms with Gasteiger partial charge in [0.15, 0.2) is 0 Å². The highest BCUT2D eigenvalue weighted by Crippen LogP contribution is 2.18. The summed E-state index contributed by atoms with van der Waals surface area (Å²) in [7, 11) is 0. The van der Waals surface area contributed by atoms with Crippen LogP contribution in [0.4, 0.5) is 0 Å². The molecule has 1 heterocycles. The average molecular weight is 419 g/mol. The van der Waals surface area contributed by atoms with E-state index in [0.717, 1.165) is 24.7 Å². The third kappa shape index (κ3) is 8.64. The molecule has 0 aromatic heterocycles. The van der Waals surface area contributed by atoms with E-state index < -0.39 is 11.9 Å². The van der Waals surface area contributed by atoms with Gasteiger partial charge in [-0.15, -0.1) is 0 Å². The molecule has 1 fully saturated rings. The van der Waals surface area contributed by atoms with Crippen molar-refractivity contribution in [2.45, 2.75) is 19.4 Å². The zero-order valence-electron chi connectivity index (χ0n) is 16.3. The summed E-state index contributed by atoms with van der Waals surface area (Å²) in [5, 5.41) is 15.7. The molecule has 2 aromatic rings.